The van der Waals surface area contributed by atoms with Crippen LogP contribution in [0.4, 0.5) is 14.9 Å². The van der Waals surface area contributed by atoms with Crippen LogP contribution in [0.5, 0.6) is 0 Å². The molecule has 2 amide bonds. The number of ether oxygens (including phenoxy) is 1. The highest BCUT2D eigenvalue weighted by Crippen LogP contribution is 2.29. The molecule has 0 bridgehead atoms. The average molecular weight is 438 g/mol. The third kappa shape index (κ3) is 5.82. The molecule has 3 rings (SSSR count). The van der Waals surface area contributed by atoms with E-state index in [1.54, 1.807) is 12.1 Å². The zero-order chi connectivity index (χ0) is 23.1. The van der Waals surface area contributed by atoms with Gasteiger partial charge < -0.3 is 10.1 Å². The van der Waals surface area contributed by atoms with Gasteiger partial charge >= 0.3 is 6.09 Å². The summed E-state index contributed by atoms with van der Waals surface area (Å²) in [6.45, 7) is 11.7. The van der Waals surface area contributed by atoms with Gasteiger partial charge in [-0.2, -0.15) is 0 Å². The summed E-state index contributed by atoms with van der Waals surface area (Å²) >= 11 is 0. The number of rotatable bonds is 10. The van der Waals surface area contributed by atoms with Crippen LogP contribution in [-0.4, -0.2) is 49.2 Å². The molecule has 1 atom stereocenters. The van der Waals surface area contributed by atoms with Gasteiger partial charge in [0.1, 0.15) is 11.9 Å². The van der Waals surface area contributed by atoms with Gasteiger partial charge in [-0.25, -0.2) is 9.18 Å². The zero-order valence-electron chi connectivity index (χ0n) is 18.2. The molecule has 0 unspecified atom stereocenters. The number of hydrogen-bond acceptors (Lipinski definition) is 4. The van der Waals surface area contributed by atoms with Crippen molar-refractivity contribution >= 4 is 17.7 Å². The van der Waals surface area contributed by atoms with E-state index in [1.165, 1.54) is 17.9 Å². The smallest absolute Gasteiger partial charge is 0.414 e. The van der Waals surface area contributed by atoms with Gasteiger partial charge in [0.15, 0.2) is 0 Å². The number of carbonyl (C=O) groups excluding carboxylic acids is 2. The summed E-state index contributed by atoms with van der Waals surface area (Å²) in [5, 5.41) is 2.62. The fraction of sp³-hybridized carbons (Fsp3) is 0.280. The van der Waals surface area contributed by atoms with Crippen molar-refractivity contribution in [3.05, 3.63) is 79.2 Å². The molecule has 1 heterocycles. The Bertz CT molecular complexity index is 980. The van der Waals surface area contributed by atoms with E-state index in [0.717, 1.165) is 30.8 Å². The first kappa shape index (κ1) is 23.2. The van der Waals surface area contributed by atoms with Gasteiger partial charge in [0, 0.05) is 32.1 Å². The highest BCUT2D eigenvalue weighted by atomic mass is 19.1. The SMILES string of the molecule is C=CCN(CC=C)Cc1ccc(-c2ccc(N3C[C@H](CNC(C)=O)OC3=O)cc2F)cc1. The monoisotopic (exact) mass is 437 g/mol. The molecule has 0 radical (unpaired) electrons. The molecule has 6 nitrogen and oxygen atoms in total. The molecular weight excluding hydrogens is 409 g/mol. The maximum absolute atomic E-state index is 14.9. The summed E-state index contributed by atoms with van der Waals surface area (Å²) in [6, 6.07) is 12.4. The molecule has 0 saturated carbocycles. The largest absolute Gasteiger partial charge is 0.442 e. The lowest BCUT2D eigenvalue weighted by atomic mass is 10.0. The van der Waals surface area contributed by atoms with Crippen molar-refractivity contribution in [3.63, 3.8) is 0 Å². The van der Waals surface area contributed by atoms with Crippen molar-refractivity contribution in [2.75, 3.05) is 31.1 Å². The topological polar surface area (TPSA) is 61.9 Å². The number of carbonyl (C=O) groups is 2. The van der Waals surface area contributed by atoms with Gasteiger partial charge in [-0.3, -0.25) is 14.6 Å². The molecule has 168 valence electrons. The van der Waals surface area contributed by atoms with E-state index in [1.807, 2.05) is 36.4 Å². The Kier molecular flexibility index (Phi) is 7.78. The standard InChI is InChI=1S/C25H28FN3O3/c1-4-12-28(13-5-2)16-19-6-8-20(9-7-19)23-11-10-21(14-24(23)26)29-17-22(32-25(29)31)15-27-18(3)30/h4-11,14,22H,1-2,12-13,15-17H2,3H3,(H,27,30)/t22-/m0/s1. The summed E-state index contributed by atoms with van der Waals surface area (Å²) in [7, 11) is 0. The number of nitrogens with one attached hydrogen (secondary N) is 1. The van der Waals surface area contributed by atoms with Crippen LogP contribution in [0.15, 0.2) is 67.8 Å². The number of halogens is 1. The number of hydrogen-bond donors (Lipinski definition) is 1. The molecule has 1 aliphatic rings. The molecule has 1 N–H and O–H groups in total. The van der Waals surface area contributed by atoms with Gasteiger partial charge in [0.2, 0.25) is 5.91 Å². The number of anilines is 1. The van der Waals surface area contributed by atoms with Crippen LogP contribution in [0.2, 0.25) is 0 Å². The van der Waals surface area contributed by atoms with E-state index in [0.29, 0.717) is 11.3 Å². The first-order chi connectivity index (χ1) is 15.4. The van der Waals surface area contributed by atoms with Crippen molar-refractivity contribution in [3.8, 4) is 11.1 Å². The third-order valence-electron chi connectivity index (χ3n) is 5.16. The van der Waals surface area contributed by atoms with Crippen molar-refractivity contribution in [2.45, 2.75) is 19.6 Å². The number of benzene rings is 2. The van der Waals surface area contributed by atoms with Crippen molar-refractivity contribution in [2.24, 2.45) is 0 Å². The van der Waals surface area contributed by atoms with Crippen molar-refractivity contribution in [1.29, 1.82) is 0 Å². The van der Waals surface area contributed by atoms with Crippen LogP contribution in [0.1, 0.15) is 12.5 Å². The first-order valence-corrected chi connectivity index (χ1v) is 10.5. The molecule has 1 aliphatic heterocycles. The lowest BCUT2D eigenvalue weighted by Gasteiger charge is -2.19. The highest BCUT2D eigenvalue weighted by Gasteiger charge is 2.32. The van der Waals surface area contributed by atoms with Gasteiger partial charge in [-0.1, -0.05) is 36.4 Å². The van der Waals surface area contributed by atoms with Crippen LogP contribution in [0, 0.1) is 5.82 Å². The number of nitrogens with zero attached hydrogens (tertiary/aromatic N) is 2. The highest BCUT2D eigenvalue weighted by molar-refractivity contribution is 5.90. The van der Waals surface area contributed by atoms with Crippen molar-refractivity contribution in [1.82, 2.24) is 10.2 Å². The van der Waals surface area contributed by atoms with Crippen LogP contribution in [-0.2, 0) is 16.1 Å². The summed E-state index contributed by atoms with van der Waals surface area (Å²) in [5.41, 5.74) is 2.74. The van der Waals surface area contributed by atoms with Gasteiger partial charge in [0.25, 0.3) is 0 Å². The predicted molar refractivity (Wildman–Crippen MR) is 124 cm³/mol. The second kappa shape index (κ2) is 10.7. The fourth-order valence-electron chi connectivity index (χ4n) is 3.62. The van der Waals surface area contributed by atoms with Crippen LogP contribution in [0.3, 0.4) is 0 Å². The average Bonchev–Trinajstić information content (AvgIpc) is 3.14. The number of amides is 2. The minimum absolute atomic E-state index is 0.199. The van der Waals surface area contributed by atoms with Gasteiger partial charge in [-0.15, -0.1) is 13.2 Å². The molecular formula is C25H28FN3O3. The molecule has 0 spiro atoms. The first-order valence-electron chi connectivity index (χ1n) is 10.5. The zero-order valence-corrected chi connectivity index (χ0v) is 18.2. The van der Waals surface area contributed by atoms with E-state index in [2.05, 4.69) is 23.4 Å². The summed E-state index contributed by atoms with van der Waals surface area (Å²) in [6.07, 6.45) is 2.68. The van der Waals surface area contributed by atoms with E-state index in [-0.39, 0.29) is 19.0 Å². The Morgan fingerprint density at radius 3 is 2.50 bits per heavy atom. The van der Waals surface area contributed by atoms with E-state index in [9.17, 15) is 14.0 Å². The van der Waals surface area contributed by atoms with Crippen molar-refractivity contribution < 1.29 is 18.7 Å². The Balaban J connectivity index is 1.70. The molecule has 1 fully saturated rings. The lowest BCUT2D eigenvalue weighted by Crippen LogP contribution is -2.33. The predicted octanol–water partition coefficient (Wildman–Crippen LogP) is 4.13. The molecule has 2 aromatic rings. The fourth-order valence-corrected chi connectivity index (χ4v) is 3.62. The molecule has 32 heavy (non-hydrogen) atoms. The molecule has 0 aromatic heterocycles. The quantitative estimate of drug-likeness (QED) is 0.568. The molecule has 0 aliphatic carbocycles. The summed E-state index contributed by atoms with van der Waals surface area (Å²) in [5.74, 6) is -0.622. The second-order valence-corrected chi connectivity index (χ2v) is 7.69. The number of cyclic esters (lactones) is 1. The normalized spacial score (nSPS) is 15.5. The Hall–Kier alpha value is -3.45. The van der Waals surface area contributed by atoms with E-state index < -0.39 is 18.0 Å². The maximum atomic E-state index is 14.9. The Morgan fingerprint density at radius 2 is 1.91 bits per heavy atom. The van der Waals surface area contributed by atoms with E-state index in [4.69, 9.17) is 4.74 Å². The summed E-state index contributed by atoms with van der Waals surface area (Å²) < 4.78 is 20.2. The molecule has 2 aromatic carbocycles. The molecule has 1 saturated heterocycles. The second-order valence-electron chi connectivity index (χ2n) is 7.69. The van der Waals surface area contributed by atoms with Crippen LogP contribution < -0.4 is 10.2 Å². The van der Waals surface area contributed by atoms with Gasteiger partial charge in [0.05, 0.1) is 18.8 Å². The third-order valence-corrected chi connectivity index (χ3v) is 5.16. The van der Waals surface area contributed by atoms with Gasteiger partial charge in [-0.05, 0) is 29.3 Å². The Labute approximate surface area is 188 Å². The Morgan fingerprint density at radius 1 is 1.22 bits per heavy atom. The van der Waals surface area contributed by atoms with Crippen LogP contribution in [0.25, 0.3) is 11.1 Å². The minimum Gasteiger partial charge on any atom is -0.442 e. The maximum Gasteiger partial charge on any atom is 0.414 e. The van der Waals surface area contributed by atoms with Crippen LogP contribution >= 0.6 is 0 Å². The lowest BCUT2D eigenvalue weighted by molar-refractivity contribution is -0.119. The molecule has 7 heteroatoms. The van der Waals surface area contributed by atoms with E-state index >= 15 is 0 Å². The summed E-state index contributed by atoms with van der Waals surface area (Å²) in [4.78, 5) is 26.8. The minimum atomic E-state index is -0.555.